The van der Waals surface area contributed by atoms with Gasteiger partial charge in [0.1, 0.15) is 36.3 Å². The van der Waals surface area contributed by atoms with Gasteiger partial charge in [-0.25, -0.2) is 4.79 Å². The van der Waals surface area contributed by atoms with E-state index in [0.29, 0.717) is 31.2 Å². The van der Waals surface area contributed by atoms with Gasteiger partial charge in [-0.3, -0.25) is 38.4 Å². The number of benzene rings is 1. The number of carboxylic acid groups (broad SMARTS) is 3. The molecule has 0 saturated carbocycles. The lowest BCUT2D eigenvalue weighted by Crippen LogP contribution is -2.62. The molecule has 60 heavy (non-hydrogen) atoms. The number of nitrogens with two attached hydrogens (primary N) is 2. The zero-order valence-corrected chi connectivity index (χ0v) is 35.2. The van der Waals surface area contributed by atoms with E-state index in [1.165, 1.54) is 0 Å². The molecule has 0 unspecified atom stereocenters. The Morgan fingerprint density at radius 1 is 0.567 bits per heavy atom. The maximum Gasteiger partial charge on any atom is 0.326 e. The van der Waals surface area contributed by atoms with Gasteiger partial charge in [-0.1, -0.05) is 84.7 Å². The summed E-state index contributed by atoms with van der Waals surface area (Å²) in [5.74, 6) is -11.5. The highest BCUT2D eigenvalue weighted by atomic mass is 16.4. The Hall–Kier alpha value is -5.63. The van der Waals surface area contributed by atoms with Crippen molar-refractivity contribution in [2.24, 2.45) is 29.2 Å². The zero-order valence-electron chi connectivity index (χ0n) is 35.2. The summed E-state index contributed by atoms with van der Waals surface area (Å²) < 4.78 is 0. The first kappa shape index (κ1) is 52.4. The van der Waals surface area contributed by atoms with E-state index in [2.05, 4.69) is 31.9 Å². The highest BCUT2D eigenvalue weighted by molar-refractivity contribution is 5.98. The summed E-state index contributed by atoms with van der Waals surface area (Å²) in [4.78, 5) is 116. The van der Waals surface area contributed by atoms with Gasteiger partial charge in [0.15, 0.2) is 0 Å². The van der Waals surface area contributed by atoms with Gasteiger partial charge in [0.2, 0.25) is 35.4 Å². The van der Waals surface area contributed by atoms with Gasteiger partial charge in [-0.2, -0.15) is 0 Å². The van der Waals surface area contributed by atoms with Crippen LogP contribution in [0.25, 0.3) is 0 Å². The summed E-state index contributed by atoms with van der Waals surface area (Å²) in [6.07, 6.45) is -0.371. The Morgan fingerprint density at radius 3 is 1.48 bits per heavy atom. The zero-order chi connectivity index (χ0) is 45.7. The van der Waals surface area contributed by atoms with Gasteiger partial charge in [0.25, 0.3) is 0 Å². The van der Waals surface area contributed by atoms with Crippen molar-refractivity contribution in [2.75, 3.05) is 6.54 Å². The molecule has 336 valence electrons. The molecule has 0 fully saturated rings. The quantitative estimate of drug-likeness (QED) is 0.0469. The number of carbonyl (C=O) groups is 9. The number of hydrogen-bond donors (Lipinski definition) is 11. The molecule has 0 saturated heterocycles. The van der Waals surface area contributed by atoms with E-state index in [1.54, 1.807) is 65.0 Å². The van der Waals surface area contributed by atoms with Crippen molar-refractivity contribution in [3.8, 4) is 0 Å². The first-order valence-corrected chi connectivity index (χ1v) is 20.1. The average molecular weight is 849 g/mol. The standard InChI is InChI=1S/C40H64N8O12/c1-7-22(5)31(42)37(56)45-26(18-24-14-10-9-11-15-24)36(55)47-32(21(3)4)38(57)48-33(23(6)8-2)39(58)46-28(20-30(51)52)35(54)44-27(19-29(49)50)34(53)43-25(40(59)60)16-12-13-17-41/h9-11,14-15,21-23,25-28,31-33H,7-8,12-13,16-20,41-42H2,1-6H3,(H,43,53)(H,44,54)(H,45,56)(H,46,58)(H,47,55)(H,48,57)(H,49,50)(H,51,52)(H,59,60)/t22-,23-,25-,26-,27-,28-,31-,32-,33-/m0/s1. The molecule has 0 radical (unpaired) electrons. The van der Waals surface area contributed by atoms with Crippen LogP contribution >= 0.6 is 0 Å². The highest BCUT2D eigenvalue weighted by Crippen LogP contribution is 2.13. The fourth-order valence-corrected chi connectivity index (χ4v) is 5.90. The second-order valence-electron chi connectivity index (χ2n) is 15.3. The van der Waals surface area contributed by atoms with E-state index in [4.69, 9.17) is 11.5 Å². The molecule has 0 aliphatic carbocycles. The van der Waals surface area contributed by atoms with Crippen LogP contribution < -0.4 is 43.4 Å². The monoisotopic (exact) mass is 848 g/mol. The molecule has 1 aromatic carbocycles. The topological polar surface area (TPSA) is 339 Å². The molecule has 20 heteroatoms. The summed E-state index contributed by atoms with van der Waals surface area (Å²) in [5.41, 5.74) is 12.3. The van der Waals surface area contributed by atoms with E-state index in [0.717, 1.165) is 0 Å². The number of carboxylic acids is 3. The van der Waals surface area contributed by atoms with E-state index in [-0.39, 0.29) is 25.3 Å². The minimum Gasteiger partial charge on any atom is -0.481 e. The SMILES string of the molecule is CC[C@H](C)[C@H](N)C(=O)N[C@@H](Cc1ccccc1)C(=O)N[C@H](C(=O)N[C@H](C(=O)N[C@@H](CC(=O)O)C(=O)N[C@@H](CC(=O)O)C(=O)N[C@@H](CCCCN)C(=O)O)[C@@H](C)CC)C(C)C. The number of aliphatic carboxylic acids is 3. The second kappa shape index (κ2) is 26.5. The van der Waals surface area contributed by atoms with Crippen LogP contribution in [0.4, 0.5) is 0 Å². The van der Waals surface area contributed by atoms with Crippen LogP contribution in [0.15, 0.2) is 30.3 Å². The molecule has 1 rings (SSSR count). The van der Waals surface area contributed by atoms with Crippen molar-refractivity contribution in [3.05, 3.63) is 35.9 Å². The molecule has 0 heterocycles. The predicted molar refractivity (Wildman–Crippen MR) is 219 cm³/mol. The van der Waals surface area contributed by atoms with Crippen LogP contribution in [0, 0.1) is 17.8 Å². The fourth-order valence-electron chi connectivity index (χ4n) is 5.90. The number of unbranched alkanes of at least 4 members (excludes halogenated alkanes) is 1. The third kappa shape index (κ3) is 18.1. The normalized spacial score (nSPS) is 15.6. The third-order valence-electron chi connectivity index (χ3n) is 10.1. The average Bonchev–Trinajstić information content (AvgIpc) is 3.19. The summed E-state index contributed by atoms with van der Waals surface area (Å²) in [7, 11) is 0. The minimum absolute atomic E-state index is 0.0499. The second-order valence-corrected chi connectivity index (χ2v) is 15.3. The largest absolute Gasteiger partial charge is 0.481 e. The van der Waals surface area contributed by atoms with E-state index in [1.807, 2.05) is 6.92 Å². The van der Waals surface area contributed by atoms with E-state index >= 15 is 0 Å². The Kier molecular flexibility index (Phi) is 23.1. The lowest BCUT2D eigenvalue weighted by molar-refractivity contribution is -0.145. The van der Waals surface area contributed by atoms with Crippen molar-refractivity contribution < 1.29 is 58.5 Å². The smallest absolute Gasteiger partial charge is 0.326 e. The molecule has 0 spiro atoms. The van der Waals surface area contributed by atoms with Crippen LogP contribution in [-0.2, 0) is 49.6 Å². The molecule has 0 aliphatic rings. The Balaban J connectivity index is 3.35. The molecule has 0 aliphatic heterocycles. The fraction of sp³-hybridized carbons (Fsp3) is 0.625. The molecule has 20 nitrogen and oxygen atoms in total. The van der Waals surface area contributed by atoms with Gasteiger partial charge in [0, 0.05) is 6.42 Å². The molecular formula is C40H64N8O12. The lowest BCUT2D eigenvalue weighted by Gasteiger charge is -2.30. The van der Waals surface area contributed by atoms with Gasteiger partial charge >= 0.3 is 17.9 Å². The molecule has 6 amide bonds. The predicted octanol–water partition coefficient (Wildman–Crippen LogP) is -0.624. The van der Waals surface area contributed by atoms with Crippen molar-refractivity contribution in [1.82, 2.24) is 31.9 Å². The van der Waals surface area contributed by atoms with Gasteiger partial charge in [0.05, 0.1) is 18.9 Å². The van der Waals surface area contributed by atoms with E-state index in [9.17, 15) is 58.5 Å². The minimum atomic E-state index is -1.90. The summed E-state index contributed by atoms with van der Waals surface area (Å²) in [6, 6.07) is -1.08. The van der Waals surface area contributed by atoms with Gasteiger partial charge in [-0.05, 0) is 49.1 Å². The van der Waals surface area contributed by atoms with Crippen LogP contribution in [0.3, 0.4) is 0 Å². The highest BCUT2D eigenvalue weighted by Gasteiger charge is 2.37. The molecule has 0 bridgehead atoms. The molecule has 1 aromatic rings. The molecular weight excluding hydrogens is 784 g/mol. The maximum atomic E-state index is 13.9. The Bertz CT molecular complexity index is 1630. The number of amides is 6. The van der Waals surface area contributed by atoms with Crippen LogP contribution in [-0.4, -0.2) is 118 Å². The first-order chi connectivity index (χ1) is 28.2. The Labute approximate surface area is 350 Å². The van der Waals surface area contributed by atoms with Crippen molar-refractivity contribution >= 4 is 53.4 Å². The van der Waals surface area contributed by atoms with Crippen molar-refractivity contribution in [3.63, 3.8) is 0 Å². The molecule has 13 N–H and O–H groups in total. The molecule has 0 aromatic heterocycles. The number of carbonyl (C=O) groups excluding carboxylic acids is 6. The van der Waals surface area contributed by atoms with Crippen molar-refractivity contribution in [2.45, 2.75) is 135 Å². The number of rotatable bonds is 28. The van der Waals surface area contributed by atoms with E-state index < -0.39 is 120 Å². The van der Waals surface area contributed by atoms with Crippen LogP contribution in [0.5, 0.6) is 0 Å². The molecule has 9 atom stereocenters. The van der Waals surface area contributed by atoms with Crippen molar-refractivity contribution in [1.29, 1.82) is 0 Å². The maximum absolute atomic E-state index is 13.9. The lowest BCUT2D eigenvalue weighted by atomic mass is 9.95. The third-order valence-corrected chi connectivity index (χ3v) is 10.1. The summed E-state index contributed by atoms with van der Waals surface area (Å²) in [5, 5.41) is 43.2. The van der Waals surface area contributed by atoms with Crippen LogP contribution in [0.1, 0.15) is 92.1 Å². The number of nitrogens with one attached hydrogen (secondary N) is 6. The van der Waals surface area contributed by atoms with Crippen LogP contribution in [0.2, 0.25) is 0 Å². The summed E-state index contributed by atoms with van der Waals surface area (Å²) in [6.45, 7) is 10.5. The Morgan fingerprint density at radius 2 is 1.02 bits per heavy atom. The first-order valence-electron chi connectivity index (χ1n) is 20.1. The number of hydrogen-bond acceptors (Lipinski definition) is 11. The summed E-state index contributed by atoms with van der Waals surface area (Å²) >= 11 is 0. The van der Waals surface area contributed by atoms with Gasteiger partial charge in [-0.15, -0.1) is 0 Å². The van der Waals surface area contributed by atoms with Gasteiger partial charge < -0.3 is 58.7 Å².